The van der Waals surface area contributed by atoms with Crippen molar-refractivity contribution in [3.8, 4) is 0 Å². The number of imidazole rings is 1. The summed E-state index contributed by atoms with van der Waals surface area (Å²) in [4.78, 5) is 8.80. The number of anilines is 2. The van der Waals surface area contributed by atoms with Gasteiger partial charge in [0.25, 0.3) is 0 Å². The SMILES string of the molecule is C1=C(c2cc(Nc3ccccn3)c3nccn3c2)CCCC1. The molecule has 0 aromatic carbocycles. The number of hydrogen-bond donors (Lipinski definition) is 1. The number of nitrogens with zero attached hydrogens (tertiary/aromatic N) is 3. The van der Waals surface area contributed by atoms with Crippen molar-refractivity contribution in [1.82, 2.24) is 14.4 Å². The number of nitrogens with one attached hydrogen (secondary N) is 1. The zero-order valence-electron chi connectivity index (χ0n) is 12.4. The van der Waals surface area contributed by atoms with E-state index in [0.717, 1.165) is 23.6 Å². The van der Waals surface area contributed by atoms with E-state index < -0.39 is 0 Å². The van der Waals surface area contributed by atoms with Crippen molar-refractivity contribution in [1.29, 1.82) is 0 Å². The number of hydrogen-bond acceptors (Lipinski definition) is 3. The monoisotopic (exact) mass is 290 g/mol. The van der Waals surface area contributed by atoms with Gasteiger partial charge in [-0.1, -0.05) is 12.1 Å². The van der Waals surface area contributed by atoms with Crippen LogP contribution in [-0.2, 0) is 0 Å². The maximum absolute atomic E-state index is 4.45. The predicted octanol–water partition coefficient (Wildman–Crippen LogP) is 4.43. The van der Waals surface area contributed by atoms with Crippen LogP contribution in [0.2, 0.25) is 0 Å². The molecular weight excluding hydrogens is 272 g/mol. The minimum absolute atomic E-state index is 0.835. The summed E-state index contributed by atoms with van der Waals surface area (Å²) < 4.78 is 2.08. The van der Waals surface area contributed by atoms with Crippen LogP contribution in [0, 0.1) is 0 Å². The zero-order chi connectivity index (χ0) is 14.8. The summed E-state index contributed by atoms with van der Waals surface area (Å²) >= 11 is 0. The quantitative estimate of drug-likeness (QED) is 0.776. The number of aromatic nitrogens is 3. The lowest BCUT2D eigenvalue weighted by molar-refractivity contribution is 0.741. The van der Waals surface area contributed by atoms with Crippen LogP contribution in [0.25, 0.3) is 11.2 Å². The van der Waals surface area contributed by atoms with Gasteiger partial charge in [-0.05, 0) is 55.0 Å². The van der Waals surface area contributed by atoms with E-state index in [1.54, 1.807) is 6.20 Å². The molecule has 22 heavy (non-hydrogen) atoms. The molecule has 0 aliphatic heterocycles. The molecule has 3 aromatic rings. The summed E-state index contributed by atoms with van der Waals surface area (Å²) in [6.07, 6.45) is 15.1. The molecule has 0 spiro atoms. The van der Waals surface area contributed by atoms with Crippen molar-refractivity contribution >= 4 is 22.7 Å². The van der Waals surface area contributed by atoms with Crippen LogP contribution in [0.15, 0.2) is 55.1 Å². The van der Waals surface area contributed by atoms with Gasteiger partial charge in [0.1, 0.15) is 5.82 Å². The molecule has 0 unspecified atom stereocenters. The van der Waals surface area contributed by atoms with Crippen LogP contribution in [0.3, 0.4) is 0 Å². The van der Waals surface area contributed by atoms with E-state index in [1.807, 2.05) is 30.6 Å². The highest BCUT2D eigenvalue weighted by Gasteiger charge is 2.11. The molecule has 0 saturated carbocycles. The standard InChI is InChI=1S/C18H18N4/c1-2-6-14(7-3-1)15-12-16(18-20-10-11-22(18)13-15)21-17-8-4-5-9-19-17/h4-6,8-13H,1-3,7H2,(H,19,21). The predicted molar refractivity (Wildman–Crippen MR) is 89.2 cm³/mol. The summed E-state index contributed by atoms with van der Waals surface area (Å²) in [6.45, 7) is 0. The van der Waals surface area contributed by atoms with Gasteiger partial charge in [0.05, 0.1) is 5.69 Å². The fraction of sp³-hybridized carbons (Fsp3) is 0.222. The topological polar surface area (TPSA) is 42.2 Å². The van der Waals surface area contributed by atoms with E-state index in [1.165, 1.54) is 30.4 Å². The van der Waals surface area contributed by atoms with Crippen LogP contribution < -0.4 is 5.32 Å². The Balaban J connectivity index is 1.79. The summed E-state index contributed by atoms with van der Waals surface area (Å²) in [7, 11) is 0. The van der Waals surface area contributed by atoms with E-state index in [9.17, 15) is 0 Å². The lowest BCUT2D eigenvalue weighted by Crippen LogP contribution is -2.00. The molecule has 0 radical (unpaired) electrons. The number of rotatable bonds is 3. The Hall–Kier alpha value is -2.62. The van der Waals surface area contributed by atoms with Crippen molar-refractivity contribution in [2.45, 2.75) is 25.7 Å². The third kappa shape index (κ3) is 2.48. The molecule has 4 heteroatoms. The van der Waals surface area contributed by atoms with Crippen molar-refractivity contribution in [3.05, 3.63) is 60.7 Å². The van der Waals surface area contributed by atoms with Crippen LogP contribution in [-0.4, -0.2) is 14.4 Å². The van der Waals surface area contributed by atoms with Gasteiger partial charge in [-0.25, -0.2) is 9.97 Å². The summed E-state index contributed by atoms with van der Waals surface area (Å²) in [5.74, 6) is 0.835. The van der Waals surface area contributed by atoms with E-state index in [0.29, 0.717) is 0 Å². The third-order valence-corrected chi connectivity index (χ3v) is 4.08. The first-order valence-electron chi connectivity index (χ1n) is 7.74. The maximum atomic E-state index is 4.45. The highest BCUT2D eigenvalue weighted by molar-refractivity contribution is 5.78. The van der Waals surface area contributed by atoms with E-state index in [4.69, 9.17) is 0 Å². The van der Waals surface area contributed by atoms with Gasteiger partial charge in [-0.2, -0.15) is 0 Å². The smallest absolute Gasteiger partial charge is 0.160 e. The van der Waals surface area contributed by atoms with Gasteiger partial charge in [-0.15, -0.1) is 0 Å². The summed E-state index contributed by atoms with van der Waals surface area (Å²) in [5.41, 5.74) is 4.62. The van der Waals surface area contributed by atoms with Gasteiger partial charge in [0.15, 0.2) is 5.65 Å². The van der Waals surface area contributed by atoms with Crippen LogP contribution in [0.1, 0.15) is 31.2 Å². The Labute approximate surface area is 129 Å². The zero-order valence-corrected chi connectivity index (χ0v) is 12.4. The molecule has 1 aliphatic rings. The van der Waals surface area contributed by atoms with E-state index >= 15 is 0 Å². The summed E-state index contributed by atoms with van der Waals surface area (Å²) in [5, 5.41) is 3.39. The molecule has 110 valence electrons. The van der Waals surface area contributed by atoms with Crippen molar-refractivity contribution in [3.63, 3.8) is 0 Å². The molecule has 4 nitrogen and oxygen atoms in total. The first-order chi connectivity index (χ1) is 10.9. The molecule has 0 bridgehead atoms. The number of allylic oxidation sites excluding steroid dienone is 2. The third-order valence-electron chi connectivity index (χ3n) is 4.08. The van der Waals surface area contributed by atoms with Crippen molar-refractivity contribution in [2.24, 2.45) is 0 Å². The molecule has 3 aromatic heterocycles. The second-order valence-corrected chi connectivity index (χ2v) is 5.62. The van der Waals surface area contributed by atoms with Crippen molar-refractivity contribution in [2.75, 3.05) is 5.32 Å². The Morgan fingerprint density at radius 3 is 2.91 bits per heavy atom. The second-order valence-electron chi connectivity index (χ2n) is 5.62. The lowest BCUT2D eigenvalue weighted by atomic mass is 9.94. The average Bonchev–Trinajstić information content (AvgIpc) is 3.05. The van der Waals surface area contributed by atoms with Crippen LogP contribution in [0.5, 0.6) is 0 Å². The lowest BCUT2D eigenvalue weighted by Gasteiger charge is -2.15. The van der Waals surface area contributed by atoms with E-state index in [2.05, 4.69) is 38.0 Å². The fourth-order valence-corrected chi connectivity index (χ4v) is 2.98. The number of fused-ring (bicyclic) bond motifs is 1. The van der Waals surface area contributed by atoms with Gasteiger partial charge in [0, 0.05) is 24.8 Å². The Bertz CT molecular complexity index is 817. The largest absolute Gasteiger partial charge is 0.337 e. The molecule has 0 atom stereocenters. The van der Waals surface area contributed by atoms with Gasteiger partial charge >= 0.3 is 0 Å². The first kappa shape index (κ1) is 13.1. The highest BCUT2D eigenvalue weighted by atomic mass is 15.1. The minimum Gasteiger partial charge on any atom is -0.337 e. The second kappa shape index (κ2) is 5.64. The molecule has 1 aliphatic carbocycles. The van der Waals surface area contributed by atoms with Gasteiger partial charge in [-0.3, -0.25) is 0 Å². The molecule has 0 saturated heterocycles. The molecule has 3 heterocycles. The average molecular weight is 290 g/mol. The van der Waals surface area contributed by atoms with Gasteiger partial charge < -0.3 is 9.72 Å². The van der Waals surface area contributed by atoms with Crippen molar-refractivity contribution < 1.29 is 0 Å². The highest BCUT2D eigenvalue weighted by Crippen LogP contribution is 2.30. The molecule has 4 rings (SSSR count). The van der Waals surface area contributed by atoms with Crippen LogP contribution in [0.4, 0.5) is 11.5 Å². The van der Waals surface area contributed by atoms with Crippen LogP contribution >= 0.6 is 0 Å². The van der Waals surface area contributed by atoms with Gasteiger partial charge in [0.2, 0.25) is 0 Å². The maximum Gasteiger partial charge on any atom is 0.160 e. The number of pyridine rings is 2. The van der Waals surface area contributed by atoms with E-state index in [-0.39, 0.29) is 0 Å². The Kier molecular flexibility index (Phi) is 3.35. The summed E-state index contributed by atoms with van der Waals surface area (Å²) in [6, 6.07) is 8.05. The molecule has 1 N–H and O–H groups in total. The Morgan fingerprint density at radius 1 is 1.09 bits per heavy atom. The molecular formula is C18H18N4. The fourth-order valence-electron chi connectivity index (χ4n) is 2.98. The normalized spacial score (nSPS) is 14.8. The first-order valence-corrected chi connectivity index (χ1v) is 7.74. The molecule has 0 fully saturated rings. The molecule has 0 amide bonds. The minimum atomic E-state index is 0.835. The Morgan fingerprint density at radius 2 is 2.09 bits per heavy atom.